The van der Waals surface area contributed by atoms with Crippen LogP contribution in [0.3, 0.4) is 0 Å². The van der Waals surface area contributed by atoms with Crippen molar-refractivity contribution in [3.8, 4) is 0 Å². The summed E-state index contributed by atoms with van der Waals surface area (Å²) in [6, 6.07) is 13.8. The molecule has 110 valence electrons. The summed E-state index contributed by atoms with van der Waals surface area (Å²) in [5.41, 5.74) is 1.60. The molecule has 1 aromatic carbocycles. The molecular formula is C16H20N4O. The minimum Gasteiger partial charge on any atom is -0.368 e. The molecule has 5 heteroatoms. The van der Waals surface area contributed by atoms with Crippen LogP contribution < -0.4 is 10.6 Å². The molecule has 0 spiro atoms. The minimum atomic E-state index is -0.201. The van der Waals surface area contributed by atoms with E-state index in [-0.39, 0.29) is 11.9 Å². The first-order chi connectivity index (χ1) is 10.1. The Hall–Kier alpha value is -2.43. The number of carbonyl (C=O) groups excluding carboxylic acids is 1. The Labute approximate surface area is 124 Å². The molecule has 0 atom stereocenters. The molecule has 0 bridgehead atoms. The molecule has 21 heavy (non-hydrogen) atoms. The van der Waals surface area contributed by atoms with Crippen molar-refractivity contribution in [1.82, 2.24) is 15.5 Å². The highest BCUT2D eigenvalue weighted by Crippen LogP contribution is 2.04. The zero-order valence-corrected chi connectivity index (χ0v) is 12.3. The Bertz CT molecular complexity index is 567. The zero-order valence-electron chi connectivity index (χ0n) is 12.3. The van der Waals surface area contributed by atoms with Gasteiger partial charge in [-0.2, -0.15) is 0 Å². The topological polar surface area (TPSA) is 66.9 Å². The van der Waals surface area contributed by atoms with Crippen LogP contribution in [0.25, 0.3) is 0 Å². The number of hydrogen-bond acceptors (Lipinski definition) is 4. The lowest BCUT2D eigenvalue weighted by Crippen LogP contribution is -2.30. The predicted octanol–water partition coefficient (Wildman–Crippen LogP) is 2.27. The van der Waals surface area contributed by atoms with Crippen molar-refractivity contribution in [1.29, 1.82) is 0 Å². The number of nitrogens with zero attached hydrogens (tertiary/aromatic N) is 2. The maximum Gasteiger partial charge on any atom is 0.271 e. The van der Waals surface area contributed by atoms with E-state index < -0.39 is 0 Å². The van der Waals surface area contributed by atoms with E-state index in [9.17, 15) is 4.79 Å². The van der Waals surface area contributed by atoms with Crippen LogP contribution >= 0.6 is 0 Å². The van der Waals surface area contributed by atoms with Gasteiger partial charge in [-0.3, -0.25) is 4.79 Å². The van der Waals surface area contributed by atoms with Gasteiger partial charge < -0.3 is 10.6 Å². The smallest absolute Gasteiger partial charge is 0.271 e. The molecule has 0 saturated heterocycles. The summed E-state index contributed by atoms with van der Waals surface area (Å²) in [4.78, 5) is 11.7. The van der Waals surface area contributed by atoms with Gasteiger partial charge in [0.25, 0.3) is 5.91 Å². The monoisotopic (exact) mass is 284 g/mol. The molecule has 5 nitrogen and oxygen atoms in total. The summed E-state index contributed by atoms with van der Waals surface area (Å²) in [6.45, 7) is 4.59. The van der Waals surface area contributed by atoms with E-state index in [1.807, 2.05) is 32.0 Å². The first-order valence-electron chi connectivity index (χ1n) is 7.07. The van der Waals surface area contributed by atoms with Crippen molar-refractivity contribution in [2.45, 2.75) is 26.3 Å². The van der Waals surface area contributed by atoms with Crippen LogP contribution in [0.15, 0.2) is 42.5 Å². The second-order valence-corrected chi connectivity index (χ2v) is 5.09. The second kappa shape index (κ2) is 7.38. The van der Waals surface area contributed by atoms with Gasteiger partial charge in [0.05, 0.1) is 0 Å². The Morgan fingerprint density at radius 3 is 2.48 bits per heavy atom. The largest absolute Gasteiger partial charge is 0.368 e. The number of rotatable bonds is 6. The van der Waals surface area contributed by atoms with Crippen LogP contribution in [0.5, 0.6) is 0 Å². The summed E-state index contributed by atoms with van der Waals surface area (Å²) in [7, 11) is 0. The van der Waals surface area contributed by atoms with Crippen LogP contribution in [0.1, 0.15) is 29.9 Å². The summed E-state index contributed by atoms with van der Waals surface area (Å²) < 4.78 is 0. The Morgan fingerprint density at radius 2 is 1.86 bits per heavy atom. The van der Waals surface area contributed by atoms with Crippen LogP contribution in [0.4, 0.5) is 5.82 Å². The average molecular weight is 284 g/mol. The highest BCUT2D eigenvalue weighted by Gasteiger charge is 2.08. The van der Waals surface area contributed by atoms with Gasteiger partial charge >= 0.3 is 0 Å². The zero-order chi connectivity index (χ0) is 15.1. The molecule has 0 unspecified atom stereocenters. The standard InChI is InChI=1S/C16H20N4O/c1-12(2)18-16(21)14-8-9-15(20-19-14)17-11-10-13-6-4-3-5-7-13/h3-9,12H,10-11H2,1-2H3,(H,17,20)(H,18,21). The third-order valence-electron chi connectivity index (χ3n) is 2.88. The number of nitrogens with one attached hydrogen (secondary N) is 2. The van der Waals surface area contributed by atoms with Gasteiger partial charge in [0, 0.05) is 12.6 Å². The van der Waals surface area contributed by atoms with E-state index in [0.717, 1.165) is 13.0 Å². The molecule has 1 heterocycles. The van der Waals surface area contributed by atoms with Gasteiger partial charge in [-0.25, -0.2) is 0 Å². The SMILES string of the molecule is CC(C)NC(=O)c1ccc(NCCc2ccccc2)nn1. The van der Waals surface area contributed by atoms with Gasteiger partial charge in [-0.05, 0) is 38.0 Å². The fourth-order valence-electron chi connectivity index (χ4n) is 1.86. The average Bonchev–Trinajstić information content (AvgIpc) is 2.48. The molecule has 2 N–H and O–H groups in total. The number of hydrogen-bond donors (Lipinski definition) is 2. The van der Waals surface area contributed by atoms with E-state index >= 15 is 0 Å². The van der Waals surface area contributed by atoms with E-state index in [0.29, 0.717) is 11.5 Å². The fourth-order valence-corrected chi connectivity index (χ4v) is 1.86. The van der Waals surface area contributed by atoms with Crippen LogP contribution in [-0.2, 0) is 6.42 Å². The molecule has 0 radical (unpaired) electrons. The highest BCUT2D eigenvalue weighted by atomic mass is 16.1. The quantitative estimate of drug-likeness (QED) is 0.854. The molecule has 0 aliphatic carbocycles. The molecule has 2 aromatic rings. The van der Waals surface area contributed by atoms with Crippen molar-refractivity contribution in [3.63, 3.8) is 0 Å². The third kappa shape index (κ3) is 4.87. The van der Waals surface area contributed by atoms with Crippen molar-refractivity contribution in [2.24, 2.45) is 0 Å². The van der Waals surface area contributed by atoms with E-state index in [1.165, 1.54) is 5.56 Å². The Kier molecular flexibility index (Phi) is 5.26. The number of amides is 1. The Morgan fingerprint density at radius 1 is 1.10 bits per heavy atom. The summed E-state index contributed by atoms with van der Waals surface area (Å²) in [6.07, 6.45) is 0.915. The van der Waals surface area contributed by atoms with Gasteiger partial charge in [0.1, 0.15) is 5.82 Å². The van der Waals surface area contributed by atoms with Crippen LogP contribution in [-0.4, -0.2) is 28.7 Å². The lowest BCUT2D eigenvalue weighted by molar-refractivity contribution is 0.0937. The van der Waals surface area contributed by atoms with Crippen LogP contribution in [0.2, 0.25) is 0 Å². The van der Waals surface area contributed by atoms with Crippen LogP contribution in [0, 0.1) is 0 Å². The van der Waals surface area contributed by atoms with Gasteiger partial charge in [0.2, 0.25) is 0 Å². The summed E-state index contributed by atoms with van der Waals surface area (Å²) in [5, 5.41) is 13.9. The normalized spacial score (nSPS) is 10.4. The fraction of sp³-hybridized carbons (Fsp3) is 0.312. The number of aromatic nitrogens is 2. The predicted molar refractivity (Wildman–Crippen MR) is 83.3 cm³/mol. The molecule has 0 fully saturated rings. The Balaban J connectivity index is 1.84. The highest BCUT2D eigenvalue weighted by molar-refractivity contribution is 5.92. The molecular weight excluding hydrogens is 264 g/mol. The number of anilines is 1. The maximum absolute atomic E-state index is 11.7. The van der Waals surface area contributed by atoms with E-state index in [1.54, 1.807) is 12.1 Å². The van der Waals surface area contributed by atoms with Crippen molar-refractivity contribution in [3.05, 3.63) is 53.7 Å². The third-order valence-corrected chi connectivity index (χ3v) is 2.88. The van der Waals surface area contributed by atoms with E-state index in [4.69, 9.17) is 0 Å². The van der Waals surface area contributed by atoms with E-state index in [2.05, 4.69) is 33.0 Å². The molecule has 1 amide bonds. The number of carbonyl (C=O) groups is 1. The maximum atomic E-state index is 11.7. The lowest BCUT2D eigenvalue weighted by atomic mass is 10.1. The molecule has 1 aromatic heterocycles. The minimum absolute atomic E-state index is 0.0861. The second-order valence-electron chi connectivity index (χ2n) is 5.09. The summed E-state index contributed by atoms with van der Waals surface area (Å²) >= 11 is 0. The molecule has 0 aliphatic rings. The first-order valence-corrected chi connectivity index (χ1v) is 7.07. The first kappa shape index (κ1) is 15.0. The summed E-state index contributed by atoms with van der Waals surface area (Å²) in [5.74, 6) is 0.473. The van der Waals surface area contributed by atoms with Gasteiger partial charge in [-0.1, -0.05) is 30.3 Å². The molecule has 0 saturated carbocycles. The lowest BCUT2D eigenvalue weighted by Gasteiger charge is -2.08. The van der Waals surface area contributed by atoms with Crippen molar-refractivity contribution < 1.29 is 4.79 Å². The van der Waals surface area contributed by atoms with Crippen molar-refractivity contribution in [2.75, 3.05) is 11.9 Å². The van der Waals surface area contributed by atoms with Crippen molar-refractivity contribution >= 4 is 11.7 Å². The molecule has 0 aliphatic heterocycles. The van der Waals surface area contributed by atoms with Gasteiger partial charge in [-0.15, -0.1) is 10.2 Å². The number of benzene rings is 1. The van der Waals surface area contributed by atoms with Gasteiger partial charge in [0.15, 0.2) is 5.69 Å². The molecule has 2 rings (SSSR count).